The zero-order chi connectivity index (χ0) is 11.1. The molecule has 0 amide bonds. The van der Waals surface area contributed by atoms with Gasteiger partial charge in [0.2, 0.25) is 0 Å². The van der Waals surface area contributed by atoms with E-state index in [0.29, 0.717) is 0 Å². The molecule has 3 heteroatoms. The number of nitrogens with one attached hydrogen (secondary N) is 1. The maximum absolute atomic E-state index is 5.42. The van der Waals surface area contributed by atoms with Crippen molar-refractivity contribution >= 4 is 0 Å². The van der Waals surface area contributed by atoms with Crippen molar-refractivity contribution in [3.05, 3.63) is 29.6 Å². The van der Waals surface area contributed by atoms with Gasteiger partial charge in [0, 0.05) is 31.6 Å². The van der Waals surface area contributed by atoms with E-state index in [0.717, 1.165) is 25.4 Å². The van der Waals surface area contributed by atoms with Crippen LogP contribution in [0.15, 0.2) is 18.3 Å². The van der Waals surface area contributed by atoms with E-state index in [4.69, 9.17) is 4.74 Å². The molecule has 1 rings (SSSR count). The van der Waals surface area contributed by atoms with Crippen LogP contribution in [-0.2, 0) is 11.3 Å². The molecule has 1 N–H and O–H groups in total. The summed E-state index contributed by atoms with van der Waals surface area (Å²) in [4.78, 5) is 4.24. The van der Waals surface area contributed by atoms with E-state index in [1.807, 2.05) is 26.1 Å². The summed E-state index contributed by atoms with van der Waals surface area (Å²) in [5.41, 5.74) is 2.27. The molecule has 1 heterocycles. The predicted molar refractivity (Wildman–Crippen MR) is 61.8 cm³/mol. The van der Waals surface area contributed by atoms with Crippen molar-refractivity contribution in [1.82, 2.24) is 10.3 Å². The fraction of sp³-hybridized carbons (Fsp3) is 0.583. The molecular weight excluding hydrogens is 188 g/mol. The van der Waals surface area contributed by atoms with Crippen LogP contribution in [0, 0.1) is 6.92 Å². The van der Waals surface area contributed by atoms with Crippen LogP contribution in [0.25, 0.3) is 0 Å². The van der Waals surface area contributed by atoms with E-state index in [2.05, 4.69) is 23.3 Å². The van der Waals surface area contributed by atoms with Crippen molar-refractivity contribution in [3.8, 4) is 0 Å². The first-order valence-corrected chi connectivity index (χ1v) is 5.46. The van der Waals surface area contributed by atoms with E-state index in [-0.39, 0.29) is 6.10 Å². The normalized spacial score (nSPS) is 12.7. The molecule has 0 aromatic carbocycles. The average molecular weight is 208 g/mol. The summed E-state index contributed by atoms with van der Waals surface area (Å²) in [6.45, 7) is 8.58. The monoisotopic (exact) mass is 208 g/mol. The highest BCUT2D eigenvalue weighted by atomic mass is 16.5. The van der Waals surface area contributed by atoms with Crippen molar-refractivity contribution in [2.24, 2.45) is 0 Å². The Labute approximate surface area is 91.9 Å². The molecule has 0 spiro atoms. The minimum atomic E-state index is 0.272. The zero-order valence-corrected chi connectivity index (χ0v) is 9.79. The number of aryl methyl sites for hydroxylation is 1. The Kier molecular flexibility index (Phi) is 5.29. The van der Waals surface area contributed by atoms with Gasteiger partial charge in [-0.2, -0.15) is 0 Å². The molecule has 3 nitrogen and oxygen atoms in total. The number of pyridine rings is 1. The minimum Gasteiger partial charge on any atom is -0.377 e. The summed E-state index contributed by atoms with van der Waals surface area (Å²) in [6.07, 6.45) is 2.18. The van der Waals surface area contributed by atoms with Gasteiger partial charge in [-0.05, 0) is 32.4 Å². The zero-order valence-electron chi connectivity index (χ0n) is 9.79. The molecule has 1 unspecified atom stereocenters. The summed E-state index contributed by atoms with van der Waals surface area (Å²) < 4.78 is 5.42. The molecular formula is C12H20N2O. The topological polar surface area (TPSA) is 34.1 Å². The summed E-state index contributed by atoms with van der Waals surface area (Å²) in [5, 5.41) is 3.34. The van der Waals surface area contributed by atoms with Crippen LogP contribution < -0.4 is 5.32 Å². The van der Waals surface area contributed by atoms with Crippen LogP contribution in [0.5, 0.6) is 0 Å². The van der Waals surface area contributed by atoms with E-state index >= 15 is 0 Å². The molecule has 0 saturated heterocycles. The van der Waals surface area contributed by atoms with Crippen LogP contribution in [0.2, 0.25) is 0 Å². The fourth-order valence-electron chi connectivity index (χ4n) is 1.37. The Morgan fingerprint density at radius 2 is 2.27 bits per heavy atom. The third-order valence-electron chi connectivity index (χ3n) is 2.18. The molecule has 0 saturated carbocycles. The maximum Gasteiger partial charge on any atom is 0.0671 e. The first kappa shape index (κ1) is 12.1. The Morgan fingerprint density at radius 1 is 1.47 bits per heavy atom. The van der Waals surface area contributed by atoms with Gasteiger partial charge in [-0.15, -0.1) is 0 Å². The maximum atomic E-state index is 5.42. The molecule has 1 aromatic heterocycles. The van der Waals surface area contributed by atoms with Crippen molar-refractivity contribution in [2.45, 2.75) is 33.4 Å². The number of hydrogen-bond donors (Lipinski definition) is 1. The minimum absolute atomic E-state index is 0.272. The van der Waals surface area contributed by atoms with E-state index < -0.39 is 0 Å². The third-order valence-corrected chi connectivity index (χ3v) is 2.18. The lowest BCUT2D eigenvalue weighted by molar-refractivity contribution is 0.0759. The molecule has 0 bridgehead atoms. The first-order valence-electron chi connectivity index (χ1n) is 5.46. The van der Waals surface area contributed by atoms with Crippen molar-refractivity contribution in [3.63, 3.8) is 0 Å². The molecule has 0 radical (unpaired) electrons. The van der Waals surface area contributed by atoms with Gasteiger partial charge in [-0.25, -0.2) is 0 Å². The Balaban J connectivity index is 2.22. The molecule has 0 fully saturated rings. The molecule has 0 aliphatic heterocycles. The second-order valence-corrected chi connectivity index (χ2v) is 3.70. The number of aromatic nitrogens is 1. The number of hydrogen-bond acceptors (Lipinski definition) is 3. The molecule has 84 valence electrons. The molecule has 1 aromatic rings. The van der Waals surface area contributed by atoms with Gasteiger partial charge in [-0.3, -0.25) is 4.98 Å². The molecule has 0 aliphatic carbocycles. The average Bonchev–Trinajstić information content (AvgIpc) is 2.21. The van der Waals surface area contributed by atoms with Gasteiger partial charge >= 0.3 is 0 Å². The van der Waals surface area contributed by atoms with Crippen molar-refractivity contribution in [2.75, 3.05) is 13.2 Å². The SMILES string of the molecule is CCOC(C)CNCc1ccc(C)nc1. The smallest absolute Gasteiger partial charge is 0.0671 e. The van der Waals surface area contributed by atoms with Crippen molar-refractivity contribution in [1.29, 1.82) is 0 Å². The number of ether oxygens (including phenoxy) is 1. The van der Waals surface area contributed by atoms with Gasteiger partial charge in [0.1, 0.15) is 0 Å². The molecule has 0 aliphatic rings. The van der Waals surface area contributed by atoms with Crippen molar-refractivity contribution < 1.29 is 4.74 Å². The van der Waals surface area contributed by atoms with E-state index in [1.165, 1.54) is 5.56 Å². The quantitative estimate of drug-likeness (QED) is 0.775. The second kappa shape index (κ2) is 6.53. The summed E-state index contributed by atoms with van der Waals surface area (Å²) in [5.74, 6) is 0. The third kappa shape index (κ3) is 4.91. The van der Waals surface area contributed by atoms with Crippen LogP contribution in [0.4, 0.5) is 0 Å². The van der Waals surface area contributed by atoms with Gasteiger partial charge < -0.3 is 10.1 Å². The van der Waals surface area contributed by atoms with Gasteiger partial charge in [0.05, 0.1) is 6.10 Å². The van der Waals surface area contributed by atoms with Gasteiger partial charge in [0.25, 0.3) is 0 Å². The van der Waals surface area contributed by atoms with E-state index in [9.17, 15) is 0 Å². The lowest BCUT2D eigenvalue weighted by Gasteiger charge is -2.12. The second-order valence-electron chi connectivity index (χ2n) is 3.70. The summed E-state index contributed by atoms with van der Waals surface area (Å²) in [7, 11) is 0. The first-order chi connectivity index (χ1) is 7.22. The van der Waals surface area contributed by atoms with Crippen LogP contribution in [-0.4, -0.2) is 24.2 Å². The highest BCUT2D eigenvalue weighted by Gasteiger charge is 1.99. The summed E-state index contributed by atoms with van der Waals surface area (Å²) >= 11 is 0. The Bertz CT molecular complexity index is 271. The largest absolute Gasteiger partial charge is 0.377 e. The lowest BCUT2D eigenvalue weighted by Crippen LogP contribution is -2.26. The van der Waals surface area contributed by atoms with Crippen LogP contribution in [0.3, 0.4) is 0 Å². The van der Waals surface area contributed by atoms with Crippen LogP contribution in [0.1, 0.15) is 25.1 Å². The van der Waals surface area contributed by atoms with Gasteiger partial charge in [-0.1, -0.05) is 6.07 Å². The molecule has 15 heavy (non-hydrogen) atoms. The lowest BCUT2D eigenvalue weighted by atomic mass is 10.2. The highest BCUT2D eigenvalue weighted by Crippen LogP contribution is 1.98. The Hall–Kier alpha value is -0.930. The fourth-order valence-corrected chi connectivity index (χ4v) is 1.37. The van der Waals surface area contributed by atoms with Gasteiger partial charge in [0.15, 0.2) is 0 Å². The van der Waals surface area contributed by atoms with Crippen LogP contribution >= 0.6 is 0 Å². The molecule has 1 atom stereocenters. The predicted octanol–water partition coefficient (Wildman–Crippen LogP) is 1.90. The number of nitrogens with zero attached hydrogens (tertiary/aromatic N) is 1. The highest BCUT2D eigenvalue weighted by molar-refractivity contribution is 5.12. The standard InChI is InChI=1S/C12H20N2O/c1-4-15-11(3)7-13-8-12-6-5-10(2)14-9-12/h5-6,9,11,13H,4,7-8H2,1-3H3. The number of rotatable bonds is 6. The Morgan fingerprint density at radius 3 is 2.87 bits per heavy atom. The summed E-state index contributed by atoms with van der Waals surface area (Å²) in [6, 6.07) is 4.13. The van der Waals surface area contributed by atoms with E-state index in [1.54, 1.807) is 0 Å².